The Bertz CT molecular complexity index is 288. The van der Waals surface area contributed by atoms with Gasteiger partial charge in [0.25, 0.3) is 0 Å². The van der Waals surface area contributed by atoms with Crippen LogP contribution < -0.4 is 11.1 Å². The van der Waals surface area contributed by atoms with Crippen molar-refractivity contribution in [3.8, 4) is 0 Å². The summed E-state index contributed by atoms with van der Waals surface area (Å²) in [6, 6.07) is 6.63. The van der Waals surface area contributed by atoms with Gasteiger partial charge >= 0.3 is 80.1 Å². The average Bonchev–Trinajstić information content (AvgIpc) is 2.03. The third kappa shape index (κ3) is 2.90. The molecule has 4 heteroatoms. The van der Waals surface area contributed by atoms with Crippen molar-refractivity contribution in [1.82, 2.24) is 5.32 Å². The Morgan fingerprint density at radius 1 is 1.50 bits per heavy atom. The Morgan fingerprint density at radius 3 is 2.75 bits per heavy atom. The molecule has 0 aromatic heterocycles. The van der Waals surface area contributed by atoms with Gasteiger partial charge in [0.15, 0.2) is 0 Å². The fourth-order valence-corrected chi connectivity index (χ4v) is 1.04. The summed E-state index contributed by atoms with van der Waals surface area (Å²) in [6.45, 7) is 0.446. The molecule has 0 spiro atoms. The molecule has 12 heavy (non-hydrogen) atoms. The van der Waals surface area contributed by atoms with E-state index in [1.807, 2.05) is 0 Å². The Labute approximate surface area is 80.4 Å². The van der Waals surface area contributed by atoms with Crippen molar-refractivity contribution < 1.29 is 22.5 Å². The summed E-state index contributed by atoms with van der Waals surface area (Å²) in [4.78, 5) is 0. The Hall–Kier alpha value is -0.424. The number of hydrogen-bond donors (Lipinski definition) is 2. The summed E-state index contributed by atoms with van der Waals surface area (Å²) in [5, 5.41) is 2.87. The SMILES string of the molecule is N[C](=[Os])NCc1ccccc1F. The van der Waals surface area contributed by atoms with Crippen molar-refractivity contribution in [2.24, 2.45) is 5.73 Å². The second-order valence-electron chi connectivity index (χ2n) is 2.28. The van der Waals surface area contributed by atoms with Crippen LogP contribution in [0.5, 0.6) is 0 Å². The minimum atomic E-state index is -0.199. The molecule has 0 fully saturated rings. The molecule has 0 bridgehead atoms. The van der Waals surface area contributed by atoms with Crippen molar-refractivity contribution in [3.63, 3.8) is 0 Å². The second kappa shape index (κ2) is 4.56. The van der Waals surface area contributed by atoms with Crippen LogP contribution in [0, 0.1) is 5.82 Å². The summed E-state index contributed by atoms with van der Waals surface area (Å²) < 4.78 is 13.6. The van der Waals surface area contributed by atoms with Gasteiger partial charge in [0.2, 0.25) is 0 Å². The van der Waals surface area contributed by atoms with E-state index in [-0.39, 0.29) is 5.82 Å². The minimum absolute atomic E-state index is 0.199. The molecule has 0 aliphatic heterocycles. The molecular formula is C8H9FN2Os. The molecule has 0 radical (unpaired) electrons. The maximum absolute atomic E-state index is 13.0. The molecule has 1 aromatic carbocycles. The molecule has 0 aliphatic rings. The summed E-state index contributed by atoms with van der Waals surface area (Å²) in [5.41, 5.74) is 6.02. The number of hydrogen-bond acceptors (Lipinski definition) is 2. The molecule has 0 atom stereocenters. The number of benzene rings is 1. The van der Waals surface area contributed by atoms with E-state index in [0.717, 1.165) is 0 Å². The Kier molecular flexibility index (Phi) is 3.68. The van der Waals surface area contributed by atoms with E-state index in [1.54, 1.807) is 36.3 Å². The first-order valence-corrected chi connectivity index (χ1v) is 4.71. The second-order valence-corrected chi connectivity index (χ2v) is 3.65. The molecule has 0 aliphatic carbocycles. The molecule has 0 saturated carbocycles. The van der Waals surface area contributed by atoms with Gasteiger partial charge in [-0.05, 0) is 0 Å². The van der Waals surface area contributed by atoms with E-state index < -0.39 is 0 Å². The molecular weight excluding hydrogens is 333 g/mol. The van der Waals surface area contributed by atoms with Crippen molar-refractivity contribution in [3.05, 3.63) is 35.6 Å². The van der Waals surface area contributed by atoms with Crippen molar-refractivity contribution in [2.75, 3.05) is 0 Å². The van der Waals surface area contributed by atoms with Crippen LogP contribution >= 0.6 is 0 Å². The van der Waals surface area contributed by atoms with Crippen LogP contribution in [0.25, 0.3) is 0 Å². The Balaban J connectivity index is 2.63. The van der Waals surface area contributed by atoms with Crippen LogP contribution in [-0.2, 0) is 24.7 Å². The van der Waals surface area contributed by atoms with Gasteiger partial charge < -0.3 is 0 Å². The fraction of sp³-hybridized carbons (Fsp3) is 0.125. The van der Waals surface area contributed by atoms with E-state index in [1.165, 1.54) is 6.07 Å². The van der Waals surface area contributed by atoms with E-state index in [4.69, 9.17) is 5.73 Å². The third-order valence-corrected chi connectivity index (χ3v) is 1.85. The van der Waals surface area contributed by atoms with Gasteiger partial charge in [-0.1, -0.05) is 0 Å². The average molecular weight is 342 g/mol. The van der Waals surface area contributed by atoms with Crippen LogP contribution in [0.3, 0.4) is 0 Å². The zero-order valence-corrected chi connectivity index (χ0v) is 8.87. The van der Waals surface area contributed by atoms with Crippen LogP contribution in [0.1, 0.15) is 5.56 Å². The fourth-order valence-electron chi connectivity index (χ4n) is 0.819. The summed E-state index contributed by atoms with van der Waals surface area (Å²) >= 11 is 1.55. The third-order valence-electron chi connectivity index (χ3n) is 1.40. The van der Waals surface area contributed by atoms with E-state index in [0.29, 0.717) is 16.4 Å². The standard InChI is InChI=1S/C8H9FN2.Os/c9-8-4-2-1-3-7(8)5-11-6-10;/h1-4,11H,5,10H2;. The molecule has 3 N–H and O–H groups in total. The molecule has 1 rings (SSSR count). The van der Waals surface area contributed by atoms with Crippen LogP contribution in [-0.4, -0.2) is 4.31 Å². The predicted octanol–water partition coefficient (Wildman–Crippen LogP) is 0.508. The normalized spacial score (nSPS) is 9.92. The van der Waals surface area contributed by atoms with Crippen LogP contribution in [0.15, 0.2) is 24.3 Å². The topological polar surface area (TPSA) is 38.0 Å². The molecule has 0 saturated heterocycles. The monoisotopic (exact) mass is 344 g/mol. The van der Waals surface area contributed by atoms with Gasteiger partial charge in [-0.15, -0.1) is 0 Å². The maximum atomic E-state index is 13.0. The number of halogens is 1. The van der Waals surface area contributed by atoms with Gasteiger partial charge in [0.1, 0.15) is 0 Å². The van der Waals surface area contributed by atoms with Crippen molar-refractivity contribution in [2.45, 2.75) is 6.54 Å². The zero-order chi connectivity index (χ0) is 8.97. The van der Waals surface area contributed by atoms with Crippen LogP contribution in [0.4, 0.5) is 4.39 Å². The first kappa shape index (κ1) is 9.66. The van der Waals surface area contributed by atoms with E-state index in [9.17, 15) is 4.39 Å². The summed E-state index contributed by atoms with van der Waals surface area (Å²) in [6.07, 6.45) is 0. The molecule has 66 valence electrons. The molecule has 0 amide bonds. The Morgan fingerprint density at radius 2 is 2.17 bits per heavy atom. The first-order chi connectivity index (χ1) is 5.70. The van der Waals surface area contributed by atoms with Gasteiger partial charge in [-0.2, -0.15) is 0 Å². The predicted molar refractivity (Wildman–Crippen MR) is 42.4 cm³/mol. The quantitative estimate of drug-likeness (QED) is 0.840. The van der Waals surface area contributed by atoms with E-state index in [2.05, 4.69) is 5.32 Å². The van der Waals surface area contributed by atoms with Crippen molar-refractivity contribution >= 4 is 4.31 Å². The number of nitrogens with one attached hydrogen (secondary N) is 1. The molecule has 1 aromatic rings. The number of rotatable bonds is 3. The summed E-state index contributed by atoms with van der Waals surface area (Å²) in [5.74, 6) is -0.199. The van der Waals surface area contributed by atoms with Crippen LogP contribution in [0.2, 0.25) is 0 Å². The molecule has 0 heterocycles. The van der Waals surface area contributed by atoms with E-state index >= 15 is 0 Å². The first-order valence-electron chi connectivity index (χ1n) is 3.44. The van der Waals surface area contributed by atoms with Gasteiger partial charge in [-0.25, -0.2) is 0 Å². The molecule has 0 unspecified atom stereocenters. The summed E-state index contributed by atoms with van der Waals surface area (Å²) in [7, 11) is 0. The zero-order valence-electron chi connectivity index (χ0n) is 6.33. The number of nitrogens with two attached hydrogens (primary N) is 1. The van der Waals surface area contributed by atoms with Gasteiger partial charge in [0.05, 0.1) is 0 Å². The van der Waals surface area contributed by atoms with Gasteiger partial charge in [0, 0.05) is 0 Å². The molecule has 2 nitrogen and oxygen atoms in total. The van der Waals surface area contributed by atoms with Crippen molar-refractivity contribution in [1.29, 1.82) is 0 Å². The van der Waals surface area contributed by atoms with Gasteiger partial charge in [-0.3, -0.25) is 0 Å².